The van der Waals surface area contributed by atoms with Gasteiger partial charge < -0.3 is 11.1 Å². The van der Waals surface area contributed by atoms with Crippen LogP contribution in [0.5, 0.6) is 0 Å². The smallest absolute Gasteiger partial charge is 0.126 e. The van der Waals surface area contributed by atoms with Gasteiger partial charge in [0, 0.05) is 45.3 Å². The first-order valence-corrected chi connectivity index (χ1v) is 6.36. The van der Waals surface area contributed by atoms with Crippen LogP contribution in [0.1, 0.15) is 0 Å². The minimum Gasteiger partial charge on any atom is -0.398 e. The highest BCUT2D eigenvalue weighted by Gasteiger charge is 2.06. The first-order valence-electron chi connectivity index (χ1n) is 5.99. The van der Waals surface area contributed by atoms with Crippen LogP contribution in [0.2, 0.25) is 5.02 Å². The SMILES string of the molecule is Nc1ccc(Nc2cc(F)cc(Cl)c2)c2cnccc12. The Hall–Kier alpha value is -2.33. The lowest BCUT2D eigenvalue weighted by atomic mass is 10.1. The molecule has 1 aromatic heterocycles. The number of nitrogens with two attached hydrogens (primary N) is 1. The summed E-state index contributed by atoms with van der Waals surface area (Å²) in [5, 5.41) is 5.24. The van der Waals surface area contributed by atoms with Crippen LogP contribution in [0.3, 0.4) is 0 Å². The number of nitrogen functional groups attached to an aromatic ring is 1. The fraction of sp³-hybridized carbons (Fsp3) is 0. The standard InChI is InChI=1S/C15H11ClFN3/c16-9-5-10(17)7-11(6-9)20-15-2-1-14(18)12-3-4-19-8-13(12)15/h1-8,20H,18H2. The average molecular weight is 288 g/mol. The summed E-state index contributed by atoms with van der Waals surface area (Å²) in [7, 11) is 0. The summed E-state index contributed by atoms with van der Waals surface area (Å²) in [5.74, 6) is -0.391. The Morgan fingerprint density at radius 3 is 2.75 bits per heavy atom. The van der Waals surface area contributed by atoms with Gasteiger partial charge >= 0.3 is 0 Å². The number of nitrogens with one attached hydrogen (secondary N) is 1. The van der Waals surface area contributed by atoms with E-state index in [-0.39, 0.29) is 0 Å². The van der Waals surface area contributed by atoms with Gasteiger partial charge in [0.15, 0.2) is 0 Å². The van der Waals surface area contributed by atoms with Gasteiger partial charge in [-0.05, 0) is 36.4 Å². The zero-order chi connectivity index (χ0) is 14.1. The summed E-state index contributed by atoms with van der Waals surface area (Å²) in [6.07, 6.45) is 3.40. The molecule has 0 saturated carbocycles. The molecule has 0 aliphatic heterocycles. The normalized spacial score (nSPS) is 10.7. The van der Waals surface area contributed by atoms with E-state index in [4.69, 9.17) is 17.3 Å². The lowest BCUT2D eigenvalue weighted by Crippen LogP contribution is -1.95. The minimum absolute atomic E-state index is 0.338. The molecule has 3 N–H and O–H groups in total. The van der Waals surface area contributed by atoms with Crippen LogP contribution < -0.4 is 11.1 Å². The Kier molecular flexibility index (Phi) is 3.16. The van der Waals surface area contributed by atoms with Crippen molar-refractivity contribution in [2.75, 3.05) is 11.1 Å². The first kappa shape index (κ1) is 12.7. The van der Waals surface area contributed by atoms with Crippen molar-refractivity contribution in [2.45, 2.75) is 0 Å². The van der Waals surface area contributed by atoms with E-state index in [1.54, 1.807) is 24.5 Å². The molecule has 0 radical (unpaired) electrons. The van der Waals surface area contributed by atoms with E-state index >= 15 is 0 Å². The minimum atomic E-state index is -0.391. The largest absolute Gasteiger partial charge is 0.398 e. The number of halogens is 2. The molecule has 0 amide bonds. The Morgan fingerprint density at radius 2 is 1.95 bits per heavy atom. The quantitative estimate of drug-likeness (QED) is 0.689. The molecule has 0 aliphatic rings. The van der Waals surface area contributed by atoms with Crippen LogP contribution in [0.15, 0.2) is 48.8 Å². The van der Waals surface area contributed by atoms with E-state index in [9.17, 15) is 4.39 Å². The van der Waals surface area contributed by atoms with Gasteiger partial charge in [-0.15, -0.1) is 0 Å². The van der Waals surface area contributed by atoms with E-state index in [1.165, 1.54) is 12.1 Å². The lowest BCUT2D eigenvalue weighted by Gasteiger charge is -2.11. The number of hydrogen-bond acceptors (Lipinski definition) is 3. The predicted octanol–water partition coefficient (Wildman–Crippen LogP) is 4.35. The second-order valence-corrected chi connectivity index (χ2v) is 4.84. The molecule has 3 rings (SSSR count). The number of benzene rings is 2. The van der Waals surface area contributed by atoms with Crippen molar-refractivity contribution in [3.63, 3.8) is 0 Å². The third kappa shape index (κ3) is 2.38. The van der Waals surface area contributed by atoms with Crippen LogP contribution in [-0.4, -0.2) is 4.98 Å². The molecular formula is C15H11ClFN3. The molecule has 3 aromatic rings. The van der Waals surface area contributed by atoms with Crippen molar-refractivity contribution in [1.29, 1.82) is 0 Å². The Balaban J connectivity index is 2.09. The highest BCUT2D eigenvalue weighted by molar-refractivity contribution is 6.30. The maximum absolute atomic E-state index is 13.4. The van der Waals surface area contributed by atoms with Crippen LogP contribution in [0.4, 0.5) is 21.5 Å². The number of fused-ring (bicyclic) bond motifs is 1. The van der Waals surface area contributed by atoms with Crippen molar-refractivity contribution in [1.82, 2.24) is 4.98 Å². The van der Waals surface area contributed by atoms with E-state index < -0.39 is 5.82 Å². The Morgan fingerprint density at radius 1 is 1.10 bits per heavy atom. The van der Waals surface area contributed by atoms with Crippen LogP contribution >= 0.6 is 11.6 Å². The first-order chi connectivity index (χ1) is 9.63. The van der Waals surface area contributed by atoms with Gasteiger partial charge in [-0.2, -0.15) is 0 Å². The molecular weight excluding hydrogens is 277 g/mol. The van der Waals surface area contributed by atoms with Gasteiger partial charge in [0.05, 0.1) is 0 Å². The summed E-state index contributed by atoms with van der Waals surface area (Å²) in [6, 6.07) is 9.77. The molecule has 0 bridgehead atoms. The van der Waals surface area contributed by atoms with E-state index in [0.717, 1.165) is 16.5 Å². The average Bonchev–Trinajstić information content (AvgIpc) is 2.41. The number of aromatic nitrogens is 1. The summed E-state index contributed by atoms with van der Waals surface area (Å²) in [4.78, 5) is 4.10. The van der Waals surface area contributed by atoms with Gasteiger partial charge in [0.25, 0.3) is 0 Å². The molecule has 0 aliphatic carbocycles. The number of pyridine rings is 1. The number of hydrogen-bond donors (Lipinski definition) is 2. The van der Waals surface area contributed by atoms with E-state index in [0.29, 0.717) is 16.4 Å². The van der Waals surface area contributed by atoms with Crippen LogP contribution in [-0.2, 0) is 0 Å². The number of anilines is 3. The topological polar surface area (TPSA) is 50.9 Å². The zero-order valence-corrected chi connectivity index (χ0v) is 11.2. The van der Waals surface area contributed by atoms with Crippen molar-refractivity contribution in [3.05, 3.63) is 59.6 Å². The highest BCUT2D eigenvalue weighted by Crippen LogP contribution is 2.30. The maximum atomic E-state index is 13.4. The molecule has 0 fully saturated rings. The second kappa shape index (κ2) is 4.98. The van der Waals surface area contributed by atoms with Gasteiger partial charge in [-0.3, -0.25) is 4.98 Å². The van der Waals surface area contributed by atoms with E-state index in [1.807, 2.05) is 12.1 Å². The molecule has 2 aromatic carbocycles. The van der Waals surface area contributed by atoms with Crippen LogP contribution in [0, 0.1) is 5.82 Å². The van der Waals surface area contributed by atoms with Crippen molar-refractivity contribution < 1.29 is 4.39 Å². The van der Waals surface area contributed by atoms with Gasteiger partial charge in [0.1, 0.15) is 5.82 Å². The number of rotatable bonds is 2. The molecule has 0 saturated heterocycles. The Bertz CT molecular complexity index is 769. The predicted molar refractivity (Wildman–Crippen MR) is 80.8 cm³/mol. The van der Waals surface area contributed by atoms with Gasteiger partial charge in [-0.1, -0.05) is 11.6 Å². The monoisotopic (exact) mass is 287 g/mol. The van der Waals surface area contributed by atoms with Gasteiger partial charge in [-0.25, -0.2) is 4.39 Å². The molecule has 20 heavy (non-hydrogen) atoms. The molecule has 100 valence electrons. The molecule has 0 spiro atoms. The van der Waals surface area contributed by atoms with Crippen molar-refractivity contribution in [3.8, 4) is 0 Å². The lowest BCUT2D eigenvalue weighted by molar-refractivity contribution is 0.628. The molecule has 0 unspecified atom stereocenters. The second-order valence-electron chi connectivity index (χ2n) is 4.41. The summed E-state index contributed by atoms with van der Waals surface area (Å²) < 4.78 is 13.4. The van der Waals surface area contributed by atoms with Gasteiger partial charge in [0.2, 0.25) is 0 Å². The van der Waals surface area contributed by atoms with Crippen molar-refractivity contribution >= 4 is 39.4 Å². The highest BCUT2D eigenvalue weighted by atomic mass is 35.5. The van der Waals surface area contributed by atoms with Crippen molar-refractivity contribution in [2.24, 2.45) is 0 Å². The maximum Gasteiger partial charge on any atom is 0.126 e. The summed E-state index contributed by atoms with van der Waals surface area (Å²) in [5.41, 5.74) is 7.97. The third-order valence-electron chi connectivity index (χ3n) is 2.99. The fourth-order valence-corrected chi connectivity index (χ4v) is 2.33. The summed E-state index contributed by atoms with van der Waals surface area (Å²) in [6.45, 7) is 0. The summed E-state index contributed by atoms with van der Waals surface area (Å²) >= 11 is 5.85. The Labute approximate surface area is 120 Å². The number of nitrogens with zero attached hydrogens (tertiary/aromatic N) is 1. The van der Waals surface area contributed by atoms with E-state index in [2.05, 4.69) is 10.3 Å². The van der Waals surface area contributed by atoms with Crippen LogP contribution in [0.25, 0.3) is 10.8 Å². The molecule has 5 heteroatoms. The molecule has 1 heterocycles. The molecule has 0 atom stereocenters. The molecule has 3 nitrogen and oxygen atoms in total. The fourth-order valence-electron chi connectivity index (χ4n) is 2.10. The zero-order valence-electron chi connectivity index (χ0n) is 10.4. The third-order valence-corrected chi connectivity index (χ3v) is 3.21.